The standard InChI is InChI=1S/C6H14N4O2.C6H14N2O2.2C6H13NO2.2C5H10N2O3.C5H9NO2.C5H11NO2.3C4H8N2O3.C2H5NO2/c7-4(5(11)12)2-1-3-10-6(8)9;7-4-2-1-3-5(8)6(9)10;1-4(2)3-5(7)6(8)9;1-3-4(2)5(7)6(8)9;2*6-3(5(9)10)1-2-4(7)8;7-5(8)4-2-1-3-6-4;1-3(2)4(6)5(7)8;3*5-2(4(8)9)1-3(6)7;3-1-2(4)5/h4H,1-3,7H2,(H,11,12)(H4,8,9,10);5H,1-4,7-8H2,(H,9,10);2*4-5H,3,7H2,1-2H3,(H,8,9);2*3H,1-2,6H2,(H2,7,8)(H,9,10);4,6H,1-3H2,(H,7,8);3-4H,6H2,1-2H3,(H,7,8);3*2H,1,5H2,(H2,6,7)(H,8,9);1,3H2,(H,4,5)/t4-;2*5-;4-,5-;2*3-;2*4-;3*2-;/m00000000000./s1. The van der Waals surface area contributed by atoms with Gasteiger partial charge in [0, 0.05) is 19.4 Å². The summed E-state index contributed by atoms with van der Waals surface area (Å²) in [6.45, 7) is 12.9. The number of carbonyl (C=O) groups excluding carboxylic acids is 5. The van der Waals surface area contributed by atoms with E-state index >= 15 is 0 Å². The number of nitrogens with two attached hydrogens (primary N) is 18. The molecule has 0 saturated carbocycles. The largest absolute Gasteiger partial charge is 0.480 e. The zero-order valence-electron chi connectivity index (χ0n) is 61.4. The lowest BCUT2D eigenvalue weighted by atomic mass is 10.0. The van der Waals surface area contributed by atoms with Gasteiger partial charge in [-0.3, -0.25) is 86.9 Å². The maximum absolute atomic E-state index is 10.2. The Morgan fingerprint density at radius 3 is 0.861 bits per heavy atom. The molecule has 50 nitrogen and oxygen atoms in total. The summed E-state index contributed by atoms with van der Waals surface area (Å²) in [5.74, 6) is -15.1. The molecule has 1 rings (SSSR count). The number of primary amides is 5. The number of unbranched alkanes of at least 4 members (excludes halogenated alkanes) is 1. The minimum atomic E-state index is -1.21. The molecule has 1 fully saturated rings. The molecule has 0 unspecified atom stereocenters. The third kappa shape index (κ3) is 104. The van der Waals surface area contributed by atoms with Gasteiger partial charge in [0.15, 0.2) is 5.96 Å². The highest BCUT2D eigenvalue weighted by molar-refractivity contribution is 5.85. The molecular weight excluding hydrogens is 1450 g/mol. The molecule has 50 heteroatoms. The Labute approximate surface area is 622 Å². The number of carboxylic acid groups (broad SMARTS) is 12. The number of rotatable bonds is 37. The first-order valence-corrected chi connectivity index (χ1v) is 32.1. The van der Waals surface area contributed by atoms with E-state index in [1.54, 1.807) is 13.8 Å². The Balaban J connectivity index is -0.000000106. The van der Waals surface area contributed by atoms with Gasteiger partial charge in [-0.05, 0) is 88.6 Å². The minimum Gasteiger partial charge on any atom is -0.480 e. The van der Waals surface area contributed by atoms with Crippen LogP contribution in [0.3, 0.4) is 0 Å². The van der Waals surface area contributed by atoms with Crippen molar-refractivity contribution in [1.82, 2.24) is 10.6 Å². The van der Waals surface area contributed by atoms with Crippen LogP contribution in [-0.2, 0) is 81.5 Å². The second-order valence-electron chi connectivity index (χ2n) is 22.9. The molecule has 634 valence electrons. The molecule has 0 aromatic rings. The van der Waals surface area contributed by atoms with Crippen LogP contribution in [-0.4, -0.2) is 261 Å². The number of guanidine groups is 1. The summed E-state index contributed by atoms with van der Waals surface area (Å²) in [7, 11) is 0. The molecule has 1 aliphatic heterocycles. The molecule has 5 amide bonds. The molecule has 108 heavy (non-hydrogen) atoms. The van der Waals surface area contributed by atoms with Gasteiger partial charge in [0.2, 0.25) is 29.5 Å². The predicted molar refractivity (Wildman–Crippen MR) is 386 cm³/mol. The Hall–Kier alpha value is -10.3. The van der Waals surface area contributed by atoms with Gasteiger partial charge in [-0.1, -0.05) is 54.4 Å². The third-order valence-corrected chi connectivity index (χ3v) is 12.0. The van der Waals surface area contributed by atoms with Gasteiger partial charge in [0.05, 0.1) is 25.8 Å². The smallest absolute Gasteiger partial charge is 0.321 e. The van der Waals surface area contributed by atoms with E-state index in [0.717, 1.165) is 38.6 Å². The average molecular weight is 1580 g/mol. The molecule has 0 spiro atoms. The van der Waals surface area contributed by atoms with Gasteiger partial charge in [0.1, 0.15) is 66.5 Å². The van der Waals surface area contributed by atoms with Crippen molar-refractivity contribution in [3.05, 3.63) is 0 Å². The molecule has 0 radical (unpaired) electrons. The van der Waals surface area contributed by atoms with Crippen LogP contribution in [0, 0.1) is 23.2 Å². The predicted octanol–water partition coefficient (Wildman–Crippen LogP) is -9.87. The van der Waals surface area contributed by atoms with Crippen LogP contribution >= 0.6 is 0 Å². The van der Waals surface area contributed by atoms with Gasteiger partial charge >= 0.3 is 71.6 Å². The van der Waals surface area contributed by atoms with Crippen molar-refractivity contribution in [3.8, 4) is 0 Å². The molecular formula is C58H123N21O29. The molecule has 1 aliphatic rings. The van der Waals surface area contributed by atoms with Crippen LogP contribution in [0.4, 0.5) is 0 Å². The summed E-state index contributed by atoms with van der Waals surface area (Å²) in [6, 6.07) is -9.36. The summed E-state index contributed by atoms with van der Waals surface area (Å²) in [5.41, 5.74) is 89.2. The van der Waals surface area contributed by atoms with E-state index in [0.29, 0.717) is 44.7 Å². The lowest BCUT2D eigenvalue weighted by Crippen LogP contribution is -2.36. The quantitative estimate of drug-likeness (QED) is 0.0156. The van der Waals surface area contributed by atoms with Gasteiger partial charge in [-0.25, -0.2) is 0 Å². The zero-order chi connectivity index (χ0) is 88.0. The number of hydrogen-bond acceptors (Lipinski definition) is 31. The zero-order valence-corrected chi connectivity index (χ0v) is 61.4. The van der Waals surface area contributed by atoms with Crippen molar-refractivity contribution >= 4 is 107 Å². The lowest BCUT2D eigenvalue weighted by molar-refractivity contribution is -0.140. The summed E-state index contributed by atoms with van der Waals surface area (Å²) >= 11 is 0. The van der Waals surface area contributed by atoms with Crippen molar-refractivity contribution in [1.29, 1.82) is 5.41 Å². The van der Waals surface area contributed by atoms with Crippen LogP contribution in [0.25, 0.3) is 0 Å². The number of amides is 5. The minimum absolute atomic E-state index is 0.0208. The second-order valence-corrected chi connectivity index (χ2v) is 22.9. The first kappa shape index (κ1) is 122. The topological polar surface area (TPSA) is 1050 Å². The summed E-state index contributed by atoms with van der Waals surface area (Å²) in [4.78, 5) is 170. The molecule has 51 N–H and O–H groups in total. The average Bonchev–Trinajstić information content (AvgIpc) is 1.83. The fourth-order valence-corrected chi connectivity index (χ4v) is 5.34. The molecule has 0 aromatic carbocycles. The summed E-state index contributed by atoms with van der Waals surface area (Å²) in [6.07, 6.45) is 5.60. The highest BCUT2D eigenvalue weighted by atomic mass is 16.4. The van der Waals surface area contributed by atoms with Crippen molar-refractivity contribution in [3.63, 3.8) is 0 Å². The second kappa shape index (κ2) is 76.4. The number of aliphatic carboxylic acids is 12. The van der Waals surface area contributed by atoms with Crippen molar-refractivity contribution < 1.29 is 143 Å². The Kier molecular flexibility index (Phi) is 86.0. The third-order valence-electron chi connectivity index (χ3n) is 12.0. The number of carbonyl (C=O) groups is 17. The maximum atomic E-state index is 10.2. The fourth-order valence-electron chi connectivity index (χ4n) is 5.34. The van der Waals surface area contributed by atoms with E-state index in [1.807, 2.05) is 27.7 Å². The number of carboxylic acids is 12. The molecule has 1 heterocycles. The lowest BCUT2D eigenvalue weighted by Gasteiger charge is -2.11. The summed E-state index contributed by atoms with van der Waals surface area (Å²) < 4.78 is 0. The van der Waals surface area contributed by atoms with Crippen LogP contribution in [0.2, 0.25) is 0 Å². The van der Waals surface area contributed by atoms with E-state index in [1.165, 1.54) is 0 Å². The Morgan fingerprint density at radius 2 is 0.713 bits per heavy atom. The van der Waals surface area contributed by atoms with Crippen molar-refractivity contribution in [2.24, 2.45) is 121 Å². The normalized spacial score (nSPS) is 14.0. The molecule has 0 aliphatic carbocycles. The van der Waals surface area contributed by atoms with Crippen LogP contribution in [0.5, 0.6) is 0 Å². The van der Waals surface area contributed by atoms with Gasteiger partial charge in [-0.15, -0.1) is 0 Å². The van der Waals surface area contributed by atoms with Crippen molar-refractivity contribution in [2.45, 2.75) is 211 Å². The van der Waals surface area contributed by atoms with Crippen LogP contribution in [0.15, 0.2) is 0 Å². The molecule has 0 bridgehead atoms. The molecule has 0 aromatic heterocycles. The van der Waals surface area contributed by atoms with Crippen molar-refractivity contribution in [2.75, 3.05) is 26.2 Å². The molecule has 12 atom stereocenters. The Bertz CT molecular complexity index is 2510. The van der Waals surface area contributed by atoms with Crippen LogP contribution in [0.1, 0.15) is 144 Å². The van der Waals surface area contributed by atoms with Gasteiger partial charge in [0.25, 0.3) is 0 Å². The SMILES string of the molecule is CC(C)C[C@H](N)C(=O)O.CC(C)[C@H](N)C(=O)O.CC[C@H](C)[C@H](N)C(=O)O.N=C(N)NCCC[C@H](N)C(=O)O.NC(=O)CC[C@H](N)C(=O)O.NC(=O)CC[C@H](N)C(=O)O.NC(=O)C[C@H](N)C(=O)O.NC(=O)C[C@H](N)C(=O)O.NC(=O)C[C@H](N)C(=O)O.NCC(=O)O.NCCCC[C@H](N)C(=O)O.O=C(O)[C@@H]1CCCN1. The maximum Gasteiger partial charge on any atom is 0.321 e. The first-order chi connectivity index (χ1) is 49.2. The monoisotopic (exact) mass is 1580 g/mol. The Morgan fingerprint density at radius 1 is 0.417 bits per heavy atom. The number of nitrogens with one attached hydrogen (secondary N) is 3. The highest BCUT2D eigenvalue weighted by Gasteiger charge is 2.22. The van der Waals surface area contributed by atoms with E-state index < -0.39 is 162 Å². The summed E-state index contributed by atoms with van der Waals surface area (Å²) in [5, 5.41) is 110. The highest BCUT2D eigenvalue weighted by Crippen LogP contribution is 2.06. The van der Waals surface area contributed by atoms with E-state index in [9.17, 15) is 81.5 Å². The van der Waals surface area contributed by atoms with E-state index in [2.05, 4.69) is 33.6 Å². The van der Waals surface area contributed by atoms with Gasteiger partial charge in [-0.2, -0.15) is 0 Å². The van der Waals surface area contributed by atoms with E-state index in [-0.39, 0.29) is 75.3 Å². The van der Waals surface area contributed by atoms with E-state index in [4.69, 9.17) is 147 Å². The number of hydrogen-bond donors (Lipinski definition) is 33. The first-order valence-electron chi connectivity index (χ1n) is 32.1. The molecule has 1 saturated heterocycles. The fraction of sp³-hybridized carbons (Fsp3) is 0.690. The van der Waals surface area contributed by atoms with Crippen LogP contribution < -0.4 is 114 Å². The van der Waals surface area contributed by atoms with Gasteiger partial charge < -0.3 is 175 Å².